The molecule has 1 aliphatic heterocycles. The van der Waals surface area contributed by atoms with Crippen molar-refractivity contribution in [3.8, 4) is 17.2 Å². The Morgan fingerprint density at radius 1 is 1.00 bits per heavy atom. The van der Waals surface area contributed by atoms with Crippen molar-refractivity contribution in [1.29, 1.82) is 5.26 Å². The first-order valence-electron chi connectivity index (χ1n) is 11.5. The van der Waals surface area contributed by atoms with Crippen LogP contribution in [0.2, 0.25) is 0 Å². The van der Waals surface area contributed by atoms with E-state index in [0.29, 0.717) is 12.0 Å². The SMILES string of the molecule is N#Cc1c(-c2cccc3ccccc23)c2c(n([C@@H]3O[C@H](CO)[C@@H](O)[C@H](O)[C@H]3O)c1=S)CCCC2. The molecule has 0 radical (unpaired) electrons. The van der Waals surface area contributed by atoms with E-state index in [2.05, 4.69) is 6.07 Å². The highest BCUT2D eigenvalue weighted by Gasteiger charge is 2.45. The molecule has 0 saturated carbocycles. The van der Waals surface area contributed by atoms with Gasteiger partial charge in [0.1, 0.15) is 35.1 Å². The fraction of sp³-hybridized carbons (Fsp3) is 0.385. The summed E-state index contributed by atoms with van der Waals surface area (Å²) < 4.78 is 7.68. The van der Waals surface area contributed by atoms with Crippen LogP contribution in [-0.4, -0.2) is 56.0 Å². The Morgan fingerprint density at radius 2 is 1.74 bits per heavy atom. The fourth-order valence-electron chi connectivity index (χ4n) is 5.33. The van der Waals surface area contributed by atoms with E-state index in [4.69, 9.17) is 17.0 Å². The fourth-order valence-corrected chi connectivity index (χ4v) is 5.70. The highest BCUT2D eigenvalue weighted by Crippen LogP contribution is 2.41. The van der Waals surface area contributed by atoms with Crippen LogP contribution in [0.25, 0.3) is 21.9 Å². The number of nitriles is 1. The number of hydrogen-bond acceptors (Lipinski definition) is 7. The maximum absolute atomic E-state index is 10.8. The quantitative estimate of drug-likeness (QED) is 0.428. The molecule has 5 atom stereocenters. The minimum Gasteiger partial charge on any atom is -0.394 e. The summed E-state index contributed by atoms with van der Waals surface area (Å²) in [6, 6.07) is 16.3. The zero-order chi connectivity index (χ0) is 24.0. The molecule has 34 heavy (non-hydrogen) atoms. The van der Waals surface area contributed by atoms with Crippen molar-refractivity contribution in [2.75, 3.05) is 6.61 Å². The van der Waals surface area contributed by atoms with Crippen LogP contribution in [0.5, 0.6) is 0 Å². The molecular weight excluding hydrogens is 452 g/mol. The first-order chi connectivity index (χ1) is 16.5. The van der Waals surface area contributed by atoms with Gasteiger partial charge in [-0.1, -0.05) is 54.7 Å². The van der Waals surface area contributed by atoms with Crippen LogP contribution in [0.3, 0.4) is 0 Å². The van der Waals surface area contributed by atoms with Gasteiger partial charge in [0.05, 0.1) is 12.2 Å². The monoisotopic (exact) mass is 478 g/mol. The van der Waals surface area contributed by atoms with E-state index >= 15 is 0 Å². The molecule has 1 aliphatic carbocycles. The van der Waals surface area contributed by atoms with Crippen LogP contribution in [0.15, 0.2) is 42.5 Å². The van der Waals surface area contributed by atoms with Gasteiger partial charge >= 0.3 is 0 Å². The molecule has 1 saturated heterocycles. The van der Waals surface area contributed by atoms with E-state index in [1.165, 1.54) is 0 Å². The predicted molar refractivity (Wildman–Crippen MR) is 129 cm³/mol. The second-order valence-corrected chi connectivity index (χ2v) is 9.30. The topological polar surface area (TPSA) is 119 Å². The molecule has 0 amide bonds. The summed E-state index contributed by atoms with van der Waals surface area (Å²) in [5.41, 5.74) is 3.87. The Kier molecular flexibility index (Phi) is 6.25. The molecule has 1 fully saturated rings. The molecular formula is C26H26N2O5S. The van der Waals surface area contributed by atoms with Crippen molar-refractivity contribution in [2.24, 2.45) is 0 Å². The molecule has 7 nitrogen and oxygen atoms in total. The third kappa shape index (κ3) is 3.57. The lowest BCUT2D eigenvalue weighted by molar-refractivity contribution is -0.252. The molecule has 2 heterocycles. The first kappa shape index (κ1) is 23.1. The molecule has 0 bridgehead atoms. The van der Waals surface area contributed by atoms with Crippen molar-refractivity contribution >= 4 is 23.0 Å². The standard InChI is InChI=1S/C26H26N2O5S/c27-12-18-21(16-10-5-7-14-6-1-2-8-15(14)16)17-9-3-4-11-19(17)28(26(18)34)25-24(32)23(31)22(30)20(13-29)33-25/h1-2,5-8,10,20,22-25,29-32H,3-4,9,11,13H2/t20-,22-,23+,24-,25-/m1/s1. The maximum atomic E-state index is 10.8. The van der Waals surface area contributed by atoms with Gasteiger partial charge < -0.3 is 29.7 Å². The first-order valence-corrected chi connectivity index (χ1v) is 11.9. The van der Waals surface area contributed by atoms with E-state index in [9.17, 15) is 25.7 Å². The van der Waals surface area contributed by atoms with E-state index in [1.54, 1.807) is 4.57 Å². The second-order valence-electron chi connectivity index (χ2n) is 8.92. The van der Waals surface area contributed by atoms with Crippen LogP contribution in [0.4, 0.5) is 0 Å². The minimum absolute atomic E-state index is 0.204. The molecule has 0 unspecified atom stereocenters. The normalized spacial score (nSPS) is 26.7. The van der Waals surface area contributed by atoms with E-state index in [-0.39, 0.29) is 4.64 Å². The molecule has 2 aliphatic rings. The van der Waals surface area contributed by atoms with Crippen molar-refractivity contribution in [2.45, 2.75) is 56.3 Å². The molecule has 176 valence electrons. The van der Waals surface area contributed by atoms with Crippen LogP contribution in [0.1, 0.15) is 35.9 Å². The van der Waals surface area contributed by atoms with Gasteiger partial charge in [0.25, 0.3) is 0 Å². The lowest BCUT2D eigenvalue weighted by Gasteiger charge is -2.42. The smallest absolute Gasteiger partial charge is 0.164 e. The van der Waals surface area contributed by atoms with E-state index in [1.807, 2.05) is 42.5 Å². The van der Waals surface area contributed by atoms with Gasteiger partial charge in [0.15, 0.2) is 6.23 Å². The maximum Gasteiger partial charge on any atom is 0.164 e. The molecule has 8 heteroatoms. The minimum atomic E-state index is -1.53. The van der Waals surface area contributed by atoms with Crippen molar-refractivity contribution < 1.29 is 25.2 Å². The number of rotatable bonds is 3. The molecule has 5 rings (SSSR count). The number of ether oxygens (including phenoxy) is 1. The number of pyridine rings is 1. The van der Waals surface area contributed by atoms with Crippen LogP contribution >= 0.6 is 12.2 Å². The largest absolute Gasteiger partial charge is 0.394 e. The zero-order valence-electron chi connectivity index (χ0n) is 18.5. The molecule has 2 aromatic carbocycles. The summed E-state index contributed by atoms with van der Waals surface area (Å²) in [6.07, 6.45) is -3.43. The second kappa shape index (κ2) is 9.19. The Bertz CT molecular complexity index is 1340. The lowest BCUT2D eigenvalue weighted by Crippen LogP contribution is -2.57. The summed E-state index contributed by atoms with van der Waals surface area (Å²) in [5.74, 6) is 0. The molecule has 4 N–H and O–H groups in total. The summed E-state index contributed by atoms with van der Waals surface area (Å²) in [6.45, 7) is -0.532. The predicted octanol–water partition coefficient (Wildman–Crippen LogP) is 2.76. The van der Waals surface area contributed by atoms with Crippen LogP contribution < -0.4 is 0 Å². The van der Waals surface area contributed by atoms with Crippen LogP contribution in [-0.2, 0) is 17.6 Å². The number of benzene rings is 2. The number of hydrogen-bond donors (Lipinski definition) is 4. The van der Waals surface area contributed by atoms with E-state index in [0.717, 1.165) is 52.4 Å². The van der Waals surface area contributed by atoms with Gasteiger partial charge in [0, 0.05) is 11.3 Å². The van der Waals surface area contributed by atoms with Crippen molar-refractivity contribution in [3.63, 3.8) is 0 Å². The number of fused-ring (bicyclic) bond motifs is 2. The van der Waals surface area contributed by atoms with Gasteiger partial charge in [-0.25, -0.2) is 0 Å². The van der Waals surface area contributed by atoms with Crippen molar-refractivity contribution in [1.82, 2.24) is 4.57 Å². The third-order valence-corrected chi connectivity index (χ3v) is 7.41. The summed E-state index contributed by atoms with van der Waals surface area (Å²) >= 11 is 5.81. The van der Waals surface area contributed by atoms with E-state index < -0.39 is 37.3 Å². The number of aromatic nitrogens is 1. The zero-order valence-corrected chi connectivity index (χ0v) is 19.3. The average molecular weight is 479 g/mol. The summed E-state index contributed by atoms with van der Waals surface area (Å²) in [5, 5.41) is 53.5. The number of nitrogens with zero attached hydrogens (tertiary/aromatic N) is 2. The number of aliphatic hydroxyl groups is 4. The molecule has 1 aromatic heterocycles. The number of aliphatic hydroxyl groups excluding tert-OH is 4. The Labute approximate surface area is 202 Å². The van der Waals surface area contributed by atoms with Gasteiger partial charge in [-0.05, 0) is 47.6 Å². The van der Waals surface area contributed by atoms with Crippen LogP contribution in [0, 0.1) is 16.0 Å². The van der Waals surface area contributed by atoms with Gasteiger partial charge in [0.2, 0.25) is 0 Å². The Balaban J connectivity index is 1.79. The highest BCUT2D eigenvalue weighted by molar-refractivity contribution is 7.71. The average Bonchev–Trinajstić information content (AvgIpc) is 2.87. The summed E-state index contributed by atoms with van der Waals surface area (Å²) in [7, 11) is 0. The Morgan fingerprint density at radius 3 is 2.50 bits per heavy atom. The van der Waals surface area contributed by atoms with Crippen molar-refractivity contribution in [3.05, 3.63) is 63.9 Å². The van der Waals surface area contributed by atoms with Gasteiger partial charge in [-0.2, -0.15) is 5.26 Å². The molecule has 0 spiro atoms. The summed E-state index contributed by atoms with van der Waals surface area (Å²) in [4.78, 5) is 0. The molecule has 3 aromatic rings. The third-order valence-electron chi connectivity index (χ3n) is 7.01. The van der Waals surface area contributed by atoms with Gasteiger partial charge in [-0.3, -0.25) is 0 Å². The lowest BCUT2D eigenvalue weighted by atomic mass is 9.84. The Hall–Kier alpha value is -2.64. The highest BCUT2D eigenvalue weighted by atomic mass is 32.1. The van der Waals surface area contributed by atoms with Gasteiger partial charge in [-0.15, -0.1) is 0 Å².